The monoisotopic (exact) mass is 385 g/mol. The van der Waals surface area contributed by atoms with Gasteiger partial charge >= 0.3 is 0 Å². The van der Waals surface area contributed by atoms with E-state index in [1.54, 1.807) is 13.2 Å². The molecule has 0 bridgehead atoms. The van der Waals surface area contributed by atoms with Crippen LogP contribution in [-0.2, 0) is 6.54 Å². The van der Waals surface area contributed by atoms with E-state index >= 15 is 0 Å². The maximum absolute atomic E-state index is 5.85. The Kier molecular flexibility index (Phi) is 8.51. The third kappa shape index (κ3) is 6.68. The summed E-state index contributed by atoms with van der Waals surface area (Å²) in [5, 5.41) is 6.62. The number of oxazole rings is 1. The Morgan fingerprint density at radius 1 is 1.11 bits per heavy atom. The molecule has 28 heavy (non-hydrogen) atoms. The average molecular weight is 386 g/mol. The van der Waals surface area contributed by atoms with Crippen LogP contribution in [-0.4, -0.2) is 48.1 Å². The van der Waals surface area contributed by atoms with Crippen molar-refractivity contribution >= 4 is 5.96 Å². The fourth-order valence-electron chi connectivity index (χ4n) is 3.20. The van der Waals surface area contributed by atoms with Crippen LogP contribution in [0.3, 0.4) is 0 Å². The minimum atomic E-state index is 0.496. The number of rotatable bonds is 9. The summed E-state index contributed by atoms with van der Waals surface area (Å²) in [6.07, 6.45) is 2.83. The molecule has 0 aliphatic heterocycles. The van der Waals surface area contributed by atoms with Gasteiger partial charge in [-0.2, -0.15) is 0 Å². The Labute approximate surface area is 169 Å². The summed E-state index contributed by atoms with van der Waals surface area (Å²) < 4.78 is 5.85. The second-order valence-corrected chi connectivity index (χ2v) is 7.62. The number of nitrogens with one attached hydrogen (secondary N) is 2. The summed E-state index contributed by atoms with van der Waals surface area (Å²) in [5.74, 6) is 2.18. The first-order chi connectivity index (χ1) is 13.4. The molecule has 0 saturated carbocycles. The van der Waals surface area contributed by atoms with Crippen LogP contribution in [0.5, 0.6) is 0 Å². The lowest BCUT2D eigenvalue weighted by Crippen LogP contribution is -2.41. The smallest absolute Gasteiger partial charge is 0.214 e. The van der Waals surface area contributed by atoms with Crippen molar-refractivity contribution in [2.24, 2.45) is 4.99 Å². The van der Waals surface area contributed by atoms with Crippen molar-refractivity contribution in [1.29, 1.82) is 0 Å². The zero-order chi connectivity index (χ0) is 20.5. The van der Waals surface area contributed by atoms with E-state index in [4.69, 9.17) is 4.42 Å². The first-order valence-corrected chi connectivity index (χ1v) is 10.1. The number of aromatic nitrogens is 1. The molecule has 1 aromatic carbocycles. The lowest BCUT2D eigenvalue weighted by Gasteiger charge is -2.30. The van der Waals surface area contributed by atoms with E-state index in [1.807, 2.05) is 12.1 Å². The second kappa shape index (κ2) is 10.9. The Morgan fingerprint density at radius 3 is 2.39 bits per heavy atom. The Bertz CT molecular complexity index is 726. The molecule has 0 unspecified atom stereocenters. The molecule has 2 N–H and O–H groups in total. The first kappa shape index (κ1) is 22.0. The van der Waals surface area contributed by atoms with Crippen molar-refractivity contribution in [1.82, 2.24) is 20.5 Å². The third-order valence-electron chi connectivity index (χ3n) is 4.73. The molecular formula is C22H35N5O. The van der Waals surface area contributed by atoms with Gasteiger partial charge in [0.05, 0.1) is 12.7 Å². The fourth-order valence-corrected chi connectivity index (χ4v) is 3.20. The molecule has 6 heteroatoms. The minimum absolute atomic E-state index is 0.496. The Morgan fingerprint density at radius 2 is 1.79 bits per heavy atom. The number of aryl methyl sites for hydroxylation is 1. The molecule has 1 heterocycles. The van der Waals surface area contributed by atoms with Gasteiger partial charge in [0.1, 0.15) is 0 Å². The van der Waals surface area contributed by atoms with Crippen molar-refractivity contribution in [3.63, 3.8) is 0 Å². The summed E-state index contributed by atoms with van der Waals surface area (Å²) in [5.41, 5.74) is 2.26. The van der Waals surface area contributed by atoms with E-state index in [1.165, 1.54) is 5.56 Å². The molecule has 2 rings (SSSR count). The van der Waals surface area contributed by atoms with Crippen molar-refractivity contribution in [3.05, 3.63) is 41.9 Å². The van der Waals surface area contributed by atoms with Gasteiger partial charge in [-0.15, -0.1) is 0 Å². The Balaban J connectivity index is 1.77. The highest BCUT2D eigenvalue weighted by Gasteiger charge is 2.12. The highest BCUT2D eigenvalue weighted by Crippen LogP contribution is 2.20. The fraction of sp³-hybridized carbons (Fsp3) is 0.545. The maximum Gasteiger partial charge on any atom is 0.214 e. The predicted molar refractivity (Wildman–Crippen MR) is 116 cm³/mol. The van der Waals surface area contributed by atoms with Gasteiger partial charge in [-0.3, -0.25) is 9.89 Å². The van der Waals surface area contributed by atoms with Gasteiger partial charge in [0.15, 0.2) is 11.7 Å². The quantitative estimate of drug-likeness (QED) is 0.390. The van der Waals surface area contributed by atoms with E-state index in [0.717, 1.165) is 36.8 Å². The summed E-state index contributed by atoms with van der Waals surface area (Å²) in [7, 11) is 1.77. The Hall–Kier alpha value is -2.34. The molecule has 0 saturated heterocycles. The largest absolute Gasteiger partial charge is 0.439 e. The standard InChI is InChI=1S/C22H35N5O/c1-16(2)27(17(3)4)13-7-12-24-22(23-6)26-15-21-25-14-20(28-21)19-10-8-18(5)9-11-19/h8-11,14,16-17H,7,12-13,15H2,1-6H3,(H2,23,24,26). The van der Waals surface area contributed by atoms with Crippen LogP contribution in [0.4, 0.5) is 0 Å². The van der Waals surface area contributed by atoms with Gasteiger partial charge in [-0.05, 0) is 41.0 Å². The molecular weight excluding hydrogens is 350 g/mol. The first-order valence-electron chi connectivity index (χ1n) is 10.1. The maximum atomic E-state index is 5.85. The van der Waals surface area contributed by atoms with Crippen LogP contribution in [0.25, 0.3) is 11.3 Å². The van der Waals surface area contributed by atoms with Gasteiger partial charge in [-0.1, -0.05) is 29.8 Å². The summed E-state index contributed by atoms with van der Waals surface area (Å²) in [6.45, 7) is 13.5. The van der Waals surface area contributed by atoms with E-state index in [-0.39, 0.29) is 0 Å². The SMILES string of the molecule is CN=C(NCCCN(C(C)C)C(C)C)NCc1ncc(-c2ccc(C)cc2)o1. The molecule has 0 radical (unpaired) electrons. The molecule has 1 aromatic heterocycles. The molecule has 0 spiro atoms. The van der Waals surface area contributed by atoms with Crippen LogP contribution in [0.15, 0.2) is 39.9 Å². The van der Waals surface area contributed by atoms with Gasteiger partial charge < -0.3 is 15.1 Å². The van der Waals surface area contributed by atoms with Gasteiger partial charge in [-0.25, -0.2) is 4.98 Å². The average Bonchev–Trinajstić information content (AvgIpc) is 3.13. The lowest BCUT2D eigenvalue weighted by molar-refractivity contribution is 0.173. The number of hydrogen-bond acceptors (Lipinski definition) is 4. The number of benzene rings is 1. The zero-order valence-corrected chi connectivity index (χ0v) is 18.1. The molecule has 0 aliphatic rings. The van der Waals surface area contributed by atoms with E-state index in [2.05, 4.69) is 72.3 Å². The second-order valence-electron chi connectivity index (χ2n) is 7.62. The van der Waals surface area contributed by atoms with E-state index < -0.39 is 0 Å². The van der Waals surface area contributed by atoms with Crippen molar-refractivity contribution in [2.45, 2.75) is 59.7 Å². The van der Waals surface area contributed by atoms with E-state index in [9.17, 15) is 0 Å². The van der Waals surface area contributed by atoms with E-state index in [0.29, 0.717) is 24.5 Å². The molecule has 0 amide bonds. The summed E-state index contributed by atoms with van der Waals surface area (Å²) in [6, 6.07) is 9.36. The number of nitrogens with zero attached hydrogens (tertiary/aromatic N) is 3. The molecule has 2 aromatic rings. The molecule has 6 nitrogen and oxygen atoms in total. The normalized spacial score (nSPS) is 12.2. The van der Waals surface area contributed by atoms with Crippen molar-refractivity contribution < 1.29 is 4.42 Å². The zero-order valence-electron chi connectivity index (χ0n) is 18.1. The van der Waals surface area contributed by atoms with Gasteiger partial charge in [0.25, 0.3) is 0 Å². The molecule has 0 fully saturated rings. The van der Waals surface area contributed by atoms with Crippen LogP contribution in [0, 0.1) is 6.92 Å². The number of hydrogen-bond donors (Lipinski definition) is 2. The molecule has 154 valence electrons. The predicted octanol–water partition coefficient (Wildman–Crippen LogP) is 3.82. The summed E-state index contributed by atoms with van der Waals surface area (Å²) >= 11 is 0. The minimum Gasteiger partial charge on any atom is -0.439 e. The number of aliphatic imine (C=N–C) groups is 1. The van der Waals surface area contributed by atoms with Crippen molar-refractivity contribution in [2.75, 3.05) is 20.1 Å². The van der Waals surface area contributed by atoms with Crippen LogP contribution in [0.2, 0.25) is 0 Å². The van der Waals surface area contributed by atoms with Crippen LogP contribution >= 0.6 is 0 Å². The molecule has 0 aliphatic carbocycles. The van der Waals surface area contributed by atoms with Gasteiger partial charge in [0, 0.05) is 37.8 Å². The third-order valence-corrected chi connectivity index (χ3v) is 4.73. The highest BCUT2D eigenvalue weighted by atomic mass is 16.4. The molecule has 0 atom stereocenters. The van der Waals surface area contributed by atoms with Crippen LogP contribution in [0.1, 0.15) is 45.6 Å². The topological polar surface area (TPSA) is 65.7 Å². The lowest BCUT2D eigenvalue weighted by atomic mass is 10.1. The number of guanidine groups is 1. The van der Waals surface area contributed by atoms with Crippen LogP contribution < -0.4 is 10.6 Å². The highest BCUT2D eigenvalue weighted by molar-refractivity contribution is 5.79. The summed E-state index contributed by atoms with van der Waals surface area (Å²) in [4.78, 5) is 11.1. The van der Waals surface area contributed by atoms with Gasteiger partial charge in [0.2, 0.25) is 5.89 Å². The van der Waals surface area contributed by atoms with Crippen molar-refractivity contribution in [3.8, 4) is 11.3 Å².